The van der Waals surface area contributed by atoms with Gasteiger partial charge >= 0.3 is 0 Å². The molecule has 0 spiro atoms. The lowest BCUT2D eigenvalue weighted by atomic mass is 10.1. The van der Waals surface area contributed by atoms with Crippen molar-refractivity contribution in [2.75, 3.05) is 33.2 Å². The van der Waals surface area contributed by atoms with Crippen LogP contribution in [-0.4, -0.2) is 43.2 Å². The molecule has 3 nitrogen and oxygen atoms in total. The van der Waals surface area contributed by atoms with E-state index >= 15 is 0 Å². The van der Waals surface area contributed by atoms with Crippen molar-refractivity contribution in [1.29, 1.82) is 0 Å². The molecule has 0 bridgehead atoms. The third kappa shape index (κ3) is 3.96. The Labute approximate surface area is 112 Å². The van der Waals surface area contributed by atoms with Gasteiger partial charge in [-0.2, -0.15) is 0 Å². The van der Waals surface area contributed by atoms with Crippen LogP contribution in [0, 0.1) is 17.6 Å². The maximum atomic E-state index is 13.4. The molecule has 1 saturated heterocycles. The Hall–Kier alpha value is -1.04. The Morgan fingerprint density at radius 3 is 2.89 bits per heavy atom. The van der Waals surface area contributed by atoms with Gasteiger partial charge in [-0.1, -0.05) is 6.07 Å². The molecule has 0 radical (unpaired) electrons. The van der Waals surface area contributed by atoms with Gasteiger partial charge in [0.25, 0.3) is 0 Å². The van der Waals surface area contributed by atoms with Crippen molar-refractivity contribution in [3.05, 3.63) is 35.4 Å². The van der Waals surface area contributed by atoms with E-state index in [2.05, 4.69) is 17.3 Å². The normalized spacial score (nSPS) is 21.8. The molecule has 2 unspecified atom stereocenters. The van der Waals surface area contributed by atoms with Gasteiger partial charge < -0.3 is 15.3 Å². The maximum Gasteiger partial charge on any atom is 0.131 e. The van der Waals surface area contributed by atoms with Crippen LogP contribution < -0.4 is 5.32 Å². The summed E-state index contributed by atoms with van der Waals surface area (Å²) < 4.78 is 26.2. The molecule has 1 aromatic rings. The van der Waals surface area contributed by atoms with Gasteiger partial charge in [0, 0.05) is 24.7 Å². The van der Waals surface area contributed by atoms with Crippen LogP contribution >= 0.6 is 0 Å². The Morgan fingerprint density at radius 2 is 2.26 bits per heavy atom. The van der Waals surface area contributed by atoms with Crippen molar-refractivity contribution >= 4 is 0 Å². The number of nitrogens with zero attached hydrogens (tertiary/aromatic N) is 1. The summed E-state index contributed by atoms with van der Waals surface area (Å²) >= 11 is 0. The fraction of sp³-hybridized carbons (Fsp3) is 0.571. The van der Waals surface area contributed by atoms with Crippen LogP contribution in [0.1, 0.15) is 18.1 Å². The first-order chi connectivity index (χ1) is 9.06. The monoisotopic (exact) mass is 270 g/mol. The van der Waals surface area contributed by atoms with Crippen LogP contribution in [0.25, 0.3) is 0 Å². The highest BCUT2D eigenvalue weighted by Crippen LogP contribution is 2.18. The number of hydrogen-bond donors (Lipinski definition) is 2. The Morgan fingerprint density at radius 1 is 1.47 bits per heavy atom. The van der Waals surface area contributed by atoms with E-state index in [-0.39, 0.29) is 12.1 Å². The summed E-state index contributed by atoms with van der Waals surface area (Å²) in [6, 6.07) is 3.25. The molecule has 0 saturated carbocycles. The summed E-state index contributed by atoms with van der Waals surface area (Å²) in [5.74, 6) is -0.749. The van der Waals surface area contributed by atoms with Gasteiger partial charge in [0.2, 0.25) is 0 Å². The van der Waals surface area contributed by atoms with E-state index < -0.39 is 17.7 Å². The second kappa shape index (κ2) is 6.41. The van der Waals surface area contributed by atoms with E-state index in [9.17, 15) is 13.9 Å². The van der Waals surface area contributed by atoms with E-state index in [0.717, 1.165) is 38.2 Å². The lowest BCUT2D eigenvalue weighted by Gasteiger charge is -2.15. The molecule has 1 aliphatic rings. The highest BCUT2D eigenvalue weighted by molar-refractivity contribution is 5.21. The van der Waals surface area contributed by atoms with E-state index in [1.807, 2.05) is 0 Å². The fourth-order valence-electron chi connectivity index (χ4n) is 2.50. The molecule has 106 valence electrons. The zero-order valence-corrected chi connectivity index (χ0v) is 11.1. The molecule has 1 heterocycles. The Kier molecular flexibility index (Phi) is 4.85. The van der Waals surface area contributed by atoms with Gasteiger partial charge in [-0.3, -0.25) is 0 Å². The number of benzene rings is 1. The number of nitrogens with one attached hydrogen (secondary N) is 1. The van der Waals surface area contributed by atoms with Gasteiger partial charge in [0.05, 0.1) is 6.10 Å². The van der Waals surface area contributed by atoms with Gasteiger partial charge in [0.15, 0.2) is 0 Å². The molecule has 2 rings (SSSR count). The standard InChI is InChI=1S/C14H20F2N2O/c1-18-5-4-10(9-18)7-17-8-14(19)12-3-2-11(15)6-13(12)16/h2-3,6,10,14,17,19H,4-5,7-9H2,1H3. The SMILES string of the molecule is CN1CCC(CNCC(O)c2ccc(F)cc2F)C1. The molecular weight excluding hydrogens is 250 g/mol. The molecule has 2 atom stereocenters. The van der Waals surface area contributed by atoms with Crippen LogP contribution in [0.15, 0.2) is 18.2 Å². The van der Waals surface area contributed by atoms with E-state index in [4.69, 9.17) is 0 Å². The van der Waals surface area contributed by atoms with E-state index in [1.165, 1.54) is 6.07 Å². The second-order valence-corrected chi connectivity index (χ2v) is 5.26. The van der Waals surface area contributed by atoms with E-state index in [0.29, 0.717) is 5.92 Å². The molecule has 1 fully saturated rings. The summed E-state index contributed by atoms with van der Waals surface area (Å²) in [6.45, 7) is 3.24. The fourth-order valence-corrected chi connectivity index (χ4v) is 2.50. The van der Waals surface area contributed by atoms with Crippen LogP contribution in [0.3, 0.4) is 0 Å². The second-order valence-electron chi connectivity index (χ2n) is 5.26. The molecule has 0 aliphatic carbocycles. The van der Waals surface area contributed by atoms with Gasteiger partial charge in [-0.05, 0) is 38.5 Å². The Balaban J connectivity index is 1.79. The summed E-state index contributed by atoms with van der Waals surface area (Å²) in [5, 5.41) is 13.0. The van der Waals surface area contributed by atoms with Crippen LogP contribution in [0.2, 0.25) is 0 Å². The quantitative estimate of drug-likeness (QED) is 0.852. The number of aliphatic hydroxyl groups is 1. The molecule has 19 heavy (non-hydrogen) atoms. The third-order valence-electron chi connectivity index (χ3n) is 3.58. The van der Waals surface area contributed by atoms with Crippen LogP contribution in [-0.2, 0) is 0 Å². The molecular formula is C14H20F2N2O. The molecule has 0 aromatic heterocycles. The number of hydrogen-bond acceptors (Lipinski definition) is 3. The van der Waals surface area contributed by atoms with Crippen molar-refractivity contribution in [2.24, 2.45) is 5.92 Å². The minimum absolute atomic E-state index is 0.137. The smallest absolute Gasteiger partial charge is 0.131 e. The third-order valence-corrected chi connectivity index (χ3v) is 3.58. The highest BCUT2D eigenvalue weighted by Gasteiger charge is 2.19. The molecule has 0 amide bonds. The first-order valence-corrected chi connectivity index (χ1v) is 6.58. The molecule has 2 N–H and O–H groups in total. The van der Waals surface area contributed by atoms with E-state index in [1.54, 1.807) is 0 Å². The van der Waals surface area contributed by atoms with Gasteiger partial charge in [0.1, 0.15) is 11.6 Å². The van der Waals surface area contributed by atoms with Crippen molar-refractivity contribution < 1.29 is 13.9 Å². The Bertz CT molecular complexity index is 428. The maximum absolute atomic E-state index is 13.4. The summed E-state index contributed by atoms with van der Waals surface area (Å²) in [7, 11) is 2.09. The minimum Gasteiger partial charge on any atom is -0.387 e. The topological polar surface area (TPSA) is 35.5 Å². The zero-order valence-electron chi connectivity index (χ0n) is 11.1. The average molecular weight is 270 g/mol. The molecule has 1 aliphatic heterocycles. The average Bonchev–Trinajstić information content (AvgIpc) is 2.75. The van der Waals surface area contributed by atoms with Gasteiger partial charge in [-0.25, -0.2) is 8.78 Å². The van der Waals surface area contributed by atoms with Crippen LogP contribution in [0.4, 0.5) is 8.78 Å². The molecule has 5 heteroatoms. The summed E-state index contributed by atoms with van der Waals surface area (Å²) in [4.78, 5) is 2.27. The summed E-state index contributed by atoms with van der Waals surface area (Å²) in [5.41, 5.74) is 0.137. The van der Waals surface area contributed by atoms with Crippen molar-refractivity contribution in [1.82, 2.24) is 10.2 Å². The first kappa shape index (κ1) is 14.4. The first-order valence-electron chi connectivity index (χ1n) is 6.58. The highest BCUT2D eigenvalue weighted by atomic mass is 19.1. The lowest BCUT2D eigenvalue weighted by Crippen LogP contribution is -2.29. The predicted molar refractivity (Wildman–Crippen MR) is 69.8 cm³/mol. The number of rotatable bonds is 5. The molecule has 1 aromatic carbocycles. The van der Waals surface area contributed by atoms with Crippen molar-refractivity contribution in [3.63, 3.8) is 0 Å². The minimum atomic E-state index is -0.945. The largest absolute Gasteiger partial charge is 0.387 e. The number of aliphatic hydroxyl groups excluding tert-OH is 1. The van der Waals surface area contributed by atoms with Gasteiger partial charge in [-0.15, -0.1) is 0 Å². The number of likely N-dealkylation sites (tertiary alicyclic amines) is 1. The number of halogens is 2. The van der Waals surface area contributed by atoms with Crippen LogP contribution in [0.5, 0.6) is 0 Å². The lowest BCUT2D eigenvalue weighted by molar-refractivity contribution is 0.168. The summed E-state index contributed by atoms with van der Waals surface area (Å²) in [6.07, 6.45) is 0.199. The van der Waals surface area contributed by atoms with Crippen molar-refractivity contribution in [2.45, 2.75) is 12.5 Å². The predicted octanol–water partition coefficient (Wildman–Crippen LogP) is 1.54. The zero-order chi connectivity index (χ0) is 13.8. The van der Waals surface area contributed by atoms with Crippen molar-refractivity contribution in [3.8, 4) is 0 Å².